The Kier molecular flexibility index (Phi) is 25.9. The molecule has 6 saturated carbocycles. The van der Waals surface area contributed by atoms with Crippen LogP contribution in [0.5, 0.6) is 0 Å². The number of aromatic nitrogens is 4. The van der Waals surface area contributed by atoms with Crippen molar-refractivity contribution in [2.75, 3.05) is 13.1 Å². The first kappa shape index (κ1) is 75.1. The highest BCUT2D eigenvalue weighted by molar-refractivity contribution is 6.38. The monoisotopic (exact) mass is 1360 g/mol. The molecule has 0 bridgehead atoms. The van der Waals surface area contributed by atoms with E-state index in [9.17, 15) is 57.8 Å². The average Bonchev–Trinajstić information content (AvgIpc) is 1.61. The molecule has 13 atom stereocenters. The highest BCUT2D eigenvalue weighted by Gasteiger charge is 2.55. The predicted octanol–water partition coefficient (Wildman–Crippen LogP) is 6.86. The lowest BCUT2D eigenvalue weighted by Gasteiger charge is -2.38. The molecular formula is C74H110N12O12. The van der Waals surface area contributed by atoms with Crippen molar-refractivity contribution < 1.29 is 57.8 Å². The van der Waals surface area contributed by atoms with E-state index < -0.39 is 88.5 Å². The number of hydrogen-bond donors (Lipinski definition) is 7. The Hall–Kier alpha value is -7.11. The van der Waals surface area contributed by atoms with E-state index in [1.54, 1.807) is 9.80 Å². The number of Topliss-reactive ketones (excluding diaryl/α,β-unsaturated/α-hetero) is 3. The zero-order valence-corrected chi connectivity index (χ0v) is 59.2. The van der Waals surface area contributed by atoms with Crippen LogP contribution in [0.15, 0.2) is 37.2 Å². The van der Waals surface area contributed by atoms with Gasteiger partial charge in [0.15, 0.2) is 17.7 Å². The molecule has 2 saturated heterocycles. The van der Waals surface area contributed by atoms with Gasteiger partial charge in [-0.15, -0.1) is 0 Å². The maximum atomic E-state index is 14.6. The Morgan fingerprint density at radius 1 is 0.500 bits per heavy atom. The van der Waals surface area contributed by atoms with E-state index in [2.05, 4.69) is 51.8 Å². The number of carbonyl (C=O) groups excluding carboxylic acids is 11. The van der Waals surface area contributed by atoms with E-state index in [1.807, 2.05) is 55.4 Å². The largest absolute Gasteiger partial charge is 0.381 e. The number of carbonyl (C=O) groups is 11. The Labute approximate surface area is 578 Å². The van der Waals surface area contributed by atoms with E-state index in [4.69, 9.17) is 0 Å². The lowest BCUT2D eigenvalue weighted by molar-refractivity contribution is -0.146. The molecule has 0 spiro atoms. The first-order valence-corrected chi connectivity index (χ1v) is 37.0. The van der Waals surface area contributed by atoms with Gasteiger partial charge in [-0.1, -0.05) is 120 Å². The van der Waals surface area contributed by atoms with Crippen LogP contribution in [0.1, 0.15) is 243 Å². The number of ketones is 3. The third-order valence-electron chi connectivity index (χ3n) is 22.2. The molecule has 8 aliphatic rings. The van der Waals surface area contributed by atoms with Crippen molar-refractivity contribution in [1.82, 2.24) is 61.6 Å². The fourth-order valence-electron chi connectivity index (χ4n) is 16.4. The SMILES string of the molecule is CCC[C@H](NC(=O)[C@@H]1[C@H]2CCC[C@H]2CN1C(=O)[C@@H](NC(=O)[C@@H](CC(=O)c1cnccn1)C1CCCCC1)C(C)(C)C)C(=O)C(=O)NC1CC1.CCC[C@H](NC(=O)[C@@H]1[C@H]2CCC[C@H]2CN1C(=O)[C@@H](NC(=O)[C@@H](CC(=O)c1cnccn1)C1CCCCC1)C(C)(C)C)C(O)C(=O)NC1CC1. The van der Waals surface area contributed by atoms with E-state index in [0.717, 1.165) is 128 Å². The van der Waals surface area contributed by atoms with Crippen LogP contribution >= 0.6 is 0 Å². The Bertz CT molecular complexity index is 3140. The van der Waals surface area contributed by atoms with Crippen molar-refractivity contribution in [3.8, 4) is 0 Å². The number of nitrogens with zero attached hydrogens (tertiary/aromatic N) is 6. The van der Waals surface area contributed by atoms with Gasteiger partial charge in [-0.3, -0.25) is 62.7 Å². The van der Waals surface area contributed by atoms with Crippen LogP contribution in [0, 0.1) is 58.2 Å². The fourth-order valence-corrected chi connectivity index (χ4v) is 16.4. The molecule has 10 rings (SSSR count). The quantitative estimate of drug-likeness (QED) is 0.0338. The van der Waals surface area contributed by atoms with Crippen LogP contribution in [0.25, 0.3) is 0 Å². The summed E-state index contributed by atoms with van der Waals surface area (Å²) in [6, 6.07) is -5.14. The minimum absolute atomic E-state index is 0.0000812. The molecular weight excluding hydrogens is 1250 g/mol. The zero-order valence-electron chi connectivity index (χ0n) is 59.2. The number of nitrogens with one attached hydrogen (secondary N) is 6. The Morgan fingerprint density at radius 2 is 0.929 bits per heavy atom. The van der Waals surface area contributed by atoms with Gasteiger partial charge in [-0.05, 0) is 136 Å². The van der Waals surface area contributed by atoms with Crippen LogP contribution in [0.2, 0.25) is 0 Å². The van der Waals surface area contributed by atoms with E-state index in [-0.39, 0.29) is 113 Å². The van der Waals surface area contributed by atoms with E-state index >= 15 is 0 Å². The molecule has 24 heteroatoms. The molecule has 7 N–H and O–H groups in total. The second kappa shape index (κ2) is 33.8. The number of hydrogen-bond acceptors (Lipinski definition) is 16. The van der Waals surface area contributed by atoms with Gasteiger partial charge in [0.1, 0.15) is 35.6 Å². The van der Waals surface area contributed by atoms with Crippen LogP contribution in [-0.2, 0) is 43.2 Å². The van der Waals surface area contributed by atoms with Gasteiger partial charge >= 0.3 is 0 Å². The standard InChI is InChI=1S/C37H56N6O6.C37H54N6O6/c2*1-5-10-27(31(45)35(48)40-24-15-16-24)41-34(47)30-25-14-9-13-23(25)21-43(30)36(49)32(37(2,3)4)42-33(46)26(22-11-7-6-8-12-22)19-29(44)28-20-38-17-18-39-28/h17-18,20,22-27,30-32,45H,5-16,19,21H2,1-4H3,(H,40,48)(H,41,47)(H,42,46);17-18,20,22-27,30,32H,5-16,19,21H2,1-4H3,(H,40,48)(H,41,47)(H,42,46)/t23-,25-,26-,27-,30-,31?,32+;23-,25-,26-,27-,30-,32+/m00/s1. The Morgan fingerprint density at radius 3 is 1.33 bits per heavy atom. The van der Waals surface area contributed by atoms with Crippen LogP contribution in [0.3, 0.4) is 0 Å². The lowest BCUT2D eigenvalue weighted by Crippen LogP contribution is -2.61. The van der Waals surface area contributed by atoms with Crippen LogP contribution in [-0.4, -0.2) is 167 Å². The fraction of sp³-hybridized carbons (Fsp3) is 0.743. The van der Waals surface area contributed by atoms with Crippen molar-refractivity contribution in [3.05, 3.63) is 48.6 Å². The highest BCUT2D eigenvalue weighted by atomic mass is 16.3. The summed E-state index contributed by atoms with van der Waals surface area (Å²) in [6.45, 7) is 16.0. The topological polar surface area (TPSA) is 338 Å². The molecule has 98 heavy (non-hydrogen) atoms. The maximum Gasteiger partial charge on any atom is 0.289 e. The summed E-state index contributed by atoms with van der Waals surface area (Å²) < 4.78 is 0. The normalized spacial score (nSPS) is 24.7. The number of amides is 8. The smallest absolute Gasteiger partial charge is 0.289 e. The van der Waals surface area contributed by atoms with Crippen molar-refractivity contribution in [2.45, 2.75) is 277 Å². The van der Waals surface area contributed by atoms with E-state index in [1.165, 1.54) is 37.2 Å². The summed E-state index contributed by atoms with van der Waals surface area (Å²) in [6.07, 6.45) is 27.4. The summed E-state index contributed by atoms with van der Waals surface area (Å²) in [5.41, 5.74) is -0.978. The average molecular weight is 1360 g/mol. The van der Waals surface area contributed by atoms with Crippen LogP contribution < -0.4 is 31.9 Å². The molecule has 0 aromatic carbocycles. The van der Waals surface area contributed by atoms with Gasteiger partial charge in [0.2, 0.25) is 41.2 Å². The molecule has 24 nitrogen and oxygen atoms in total. The van der Waals surface area contributed by atoms with Crippen molar-refractivity contribution in [2.24, 2.45) is 58.2 Å². The minimum atomic E-state index is -1.39. The van der Waals surface area contributed by atoms with Gasteiger partial charge in [0.25, 0.3) is 11.8 Å². The highest BCUT2D eigenvalue weighted by Crippen LogP contribution is 2.46. The summed E-state index contributed by atoms with van der Waals surface area (Å²) in [7, 11) is 0. The third-order valence-corrected chi connectivity index (χ3v) is 22.2. The minimum Gasteiger partial charge on any atom is -0.381 e. The van der Waals surface area contributed by atoms with Gasteiger partial charge in [0.05, 0.1) is 24.5 Å². The molecule has 1 unspecified atom stereocenters. The summed E-state index contributed by atoms with van der Waals surface area (Å²) in [4.78, 5) is 171. The molecule has 6 aliphatic carbocycles. The lowest BCUT2D eigenvalue weighted by atomic mass is 9.76. The van der Waals surface area contributed by atoms with Gasteiger partial charge in [-0.2, -0.15) is 0 Å². The zero-order chi connectivity index (χ0) is 70.6. The second-order valence-corrected chi connectivity index (χ2v) is 31.7. The summed E-state index contributed by atoms with van der Waals surface area (Å²) in [5.74, 6) is -5.54. The molecule has 4 heterocycles. The van der Waals surface area contributed by atoms with Crippen molar-refractivity contribution in [1.29, 1.82) is 0 Å². The second-order valence-electron chi connectivity index (χ2n) is 31.7. The number of likely N-dealkylation sites (tertiary alicyclic amines) is 2. The molecule has 2 aliphatic heterocycles. The first-order valence-electron chi connectivity index (χ1n) is 37.0. The molecule has 8 amide bonds. The number of aliphatic hydroxyl groups is 1. The molecule has 538 valence electrons. The first-order chi connectivity index (χ1) is 46.8. The van der Waals surface area contributed by atoms with Crippen molar-refractivity contribution >= 4 is 64.6 Å². The van der Waals surface area contributed by atoms with Gasteiger partial charge in [0, 0.05) is 74.6 Å². The van der Waals surface area contributed by atoms with Gasteiger partial charge in [-0.25, -0.2) is 9.97 Å². The molecule has 2 aromatic heterocycles. The number of fused-ring (bicyclic) bond motifs is 2. The predicted molar refractivity (Wildman–Crippen MR) is 365 cm³/mol. The maximum absolute atomic E-state index is 14.6. The molecule has 8 fully saturated rings. The third kappa shape index (κ3) is 19.2. The summed E-state index contributed by atoms with van der Waals surface area (Å²) >= 11 is 0. The van der Waals surface area contributed by atoms with Gasteiger partial charge < -0.3 is 46.8 Å². The molecule has 0 radical (unpaired) electrons. The molecule has 2 aromatic rings. The van der Waals surface area contributed by atoms with E-state index in [0.29, 0.717) is 38.8 Å². The Balaban J connectivity index is 0.000000229. The number of rotatable bonds is 28. The van der Waals surface area contributed by atoms with Crippen LogP contribution in [0.4, 0.5) is 0 Å². The number of aliphatic hydroxyl groups excluding tert-OH is 1. The van der Waals surface area contributed by atoms with Crippen molar-refractivity contribution in [3.63, 3.8) is 0 Å². The summed E-state index contributed by atoms with van der Waals surface area (Å²) in [5, 5.41) is 28.5.